The third-order valence-corrected chi connectivity index (χ3v) is 12.7. The molecule has 0 atom stereocenters. The van der Waals surface area contributed by atoms with Crippen LogP contribution in [0.3, 0.4) is 0 Å². The van der Waals surface area contributed by atoms with Gasteiger partial charge in [-0.05, 0) is 89.0 Å². The number of nitrogens with zero attached hydrogens (tertiary/aromatic N) is 2. The quantitative estimate of drug-likeness (QED) is 0.161. The average molecular weight is 787 g/mol. The van der Waals surface area contributed by atoms with E-state index in [1.807, 2.05) is 42.5 Å². The Morgan fingerprint density at radius 1 is 0.400 bits per heavy atom. The van der Waals surface area contributed by atoms with E-state index >= 15 is 0 Å². The van der Waals surface area contributed by atoms with Gasteiger partial charge in [0.05, 0.1) is 0 Å². The molecule has 0 bridgehead atoms. The van der Waals surface area contributed by atoms with Gasteiger partial charge in [-0.3, -0.25) is 0 Å². The molecular weight excluding hydrogens is 753 g/mol. The number of aromatic nitrogens is 1. The monoisotopic (exact) mass is 786 g/mol. The maximum absolute atomic E-state index is 6.56. The third kappa shape index (κ3) is 5.70. The van der Waals surface area contributed by atoms with Gasteiger partial charge in [-0.25, -0.2) is 4.98 Å². The summed E-state index contributed by atoms with van der Waals surface area (Å²) in [6.45, 7) is 0. The summed E-state index contributed by atoms with van der Waals surface area (Å²) < 4.78 is 15.4. The lowest BCUT2D eigenvalue weighted by Crippen LogP contribution is -2.09. The number of para-hydroxylation sites is 2. The fourth-order valence-corrected chi connectivity index (χ4v) is 9.86. The number of oxazole rings is 1. The molecule has 0 unspecified atom stereocenters. The minimum atomic E-state index is 0.629. The first kappa shape index (κ1) is 34.3. The molecule has 0 N–H and O–H groups in total. The lowest BCUT2D eigenvalue weighted by atomic mass is 10.00. The van der Waals surface area contributed by atoms with Gasteiger partial charge in [0.1, 0.15) is 16.7 Å². The molecule has 3 heterocycles. The average Bonchev–Trinajstić information content (AvgIpc) is 4.04. The zero-order valence-electron chi connectivity index (χ0n) is 32.2. The van der Waals surface area contributed by atoms with Gasteiger partial charge in [-0.2, -0.15) is 0 Å². The van der Waals surface area contributed by atoms with Crippen LogP contribution < -0.4 is 4.90 Å². The molecule has 0 fully saturated rings. The minimum Gasteiger partial charge on any atom is -0.455 e. The van der Waals surface area contributed by atoms with Crippen LogP contribution in [0.4, 0.5) is 17.1 Å². The Morgan fingerprint density at radius 3 is 1.65 bits per heavy atom. The molecule has 0 aliphatic carbocycles. The van der Waals surface area contributed by atoms with Crippen molar-refractivity contribution < 1.29 is 8.83 Å². The molecule has 282 valence electrons. The van der Waals surface area contributed by atoms with E-state index < -0.39 is 0 Å². The number of thiophene rings is 1. The van der Waals surface area contributed by atoms with Crippen molar-refractivity contribution in [3.8, 4) is 44.8 Å². The number of anilines is 3. The normalized spacial score (nSPS) is 11.7. The van der Waals surface area contributed by atoms with Crippen LogP contribution >= 0.6 is 11.3 Å². The van der Waals surface area contributed by atoms with Crippen molar-refractivity contribution >= 4 is 81.6 Å². The zero-order chi connectivity index (χ0) is 39.6. The Morgan fingerprint density at radius 2 is 0.950 bits per heavy atom. The van der Waals surface area contributed by atoms with Gasteiger partial charge in [0.2, 0.25) is 5.89 Å². The first-order chi connectivity index (χ1) is 29.7. The molecule has 5 heteroatoms. The molecule has 0 spiro atoms. The highest BCUT2D eigenvalue weighted by Gasteiger charge is 2.21. The molecule has 0 aliphatic rings. The van der Waals surface area contributed by atoms with Gasteiger partial charge in [-0.1, -0.05) is 140 Å². The van der Waals surface area contributed by atoms with Crippen LogP contribution in [-0.2, 0) is 0 Å². The topological polar surface area (TPSA) is 42.4 Å². The van der Waals surface area contributed by atoms with E-state index in [4.69, 9.17) is 13.8 Å². The van der Waals surface area contributed by atoms with Crippen molar-refractivity contribution in [3.05, 3.63) is 206 Å². The minimum absolute atomic E-state index is 0.629. The fourth-order valence-electron chi connectivity index (χ4n) is 8.63. The summed E-state index contributed by atoms with van der Waals surface area (Å²) in [6.07, 6.45) is 0. The van der Waals surface area contributed by atoms with Crippen molar-refractivity contribution in [2.45, 2.75) is 0 Å². The lowest BCUT2D eigenvalue weighted by Gasteiger charge is -2.26. The number of benzene rings is 9. The van der Waals surface area contributed by atoms with E-state index in [1.165, 1.54) is 25.9 Å². The van der Waals surface area contributed by atoms with Crippen molar-refractivity contribution in [2.75, 3.05) is 4.90 Å². The Hall–Kier alpha value is -7.73. The van der Waals surface area contributed by atoms with Gasteiger partial charge in [0.15, 0.2) is 5.58 Å². The first-order valence-corrected chi connectivity index (χ1v) is 20.9. The summed E-state index contributed by atoms with van der Waals surface area (Å²) in [7, 11) is 0. The van der Waals surface area contributed by atoms with Crippen molar-refractivity contribution in [1.29, 1.82) is 0 Å². The van der Waals surface area contributed by atoms with E-state index in [2.05, 4.69) is 169 Å². The lowest BCUT2D eigenvalue weighted by molar-refractivity contribution is 0.623. The number of hydrogen-bond donors (Lipinski definition) is 0. The smallest absolute Gasteiger partial charge is 0.227 e. The highest BCUT2D eigenvalue weighted by Crippen LogP contribution is 2.46. The predicted octanol–water partition coefficient (Wildman–Crippen LogP) is 16.2. The highest BCUT2D eigenvalue weighted by atomic mass is 32.1. The van der Waals surface area contributed by atoms with Gasteiger partial charge in [0, 0.05) is 64.7 Å². The molecule has 9 aromatic carbocycles. The molecule has 0 aliphatic heterocycles. The van der Waals surface area contributed by atoms with Crippen molar-refractivity contribution in [1.82, 2.24) is 4.98 Å². The number of hydrogen-bond acceptors (Lipinski definition) is 5. The molecule has 12 aromatic rings. The second-order valence-corrected chi connectivity index (χ2v) is 16.1. The van der Waals surface area contributed by atoms with Crippen LogP contribution in [0.5, 0.6) is 0 Å². The summed E-state index contributed by atoms with van der Waals surface area (Å²) >= 11 is 1.80. The van der Waals surface area contributed by atoms with Crippen molar-refractivity contribution in [2.24, 2.45) is 0 Å². The van der Waals surface area contributed by atoms with E-state index in [1.54, 1.807) is 11.3 Å². The summed E-state index contributed by atoms with van der Waals surface area (Å²) in [4.78, 5) is 7.37. The van der Waals surface area contributed by atoms with E-state index in [9.17, 15) is 0 Å². The second kappa shape index (κ2) is 14.0. The van der Waals surface area contributed by atoms with E-state index in [-0.39, 0.29) is 0 Å². The van der Waals surface area contributed by atoms with Gasteiger partial charge < -0.3 is 13.7 Å². The predicted molar refractivity (Wildman–Crippen MR) is 251 cm³/mol. The van der Waals surface area contributed by atoms with E-state index in [0.717, 1.165) is 83.3 Å². The Labute approximate surface area is 349 Å². The molecule has 3 aromatic heterocycles. The standard InChI is InChI=1S/C55H34N2O2S/c1-3-12-35(13-4-1)36-22-28-40(29-23-36)57(41-30-24-37(25-31-41)43-18-11-19-45-44-16-7-9-20-49(44)58-52(43)45)42-32-26-38(27-33-42)47-34-48-53(59-55(56-48)39-14-5-2-6-15-39)51-46-17-8-10-21-50(46)60-54(47)51/h1-34H. The van der Waals surface area contributed by atoms with Gasteiger partial charge >= 0.3 is 0 Å². The molecule has 0 saturated carbocycles. The van der Waals surface area contributed by atoms with Gasteiger partial charge in [-0.15, -0.1) is 11.3 Å². The second-order valence-electron chi connectivity index (χ2n) is 15.1. The highest BCUT2D eigenvalue weighted by molar-refractivity contribution is 7.26. The number of fused-ring (bicyclic) bond motifs is 8. The summed E-state index contributed by atoms with van der Waals surface area (Å²) in [5, 5.41) is 4.55. The zero-order valence-corrected chi connectivity index (χ0v) is 33.1. The van der Waals surface area contributed by atoms with Crippen LogP contribution in [0.15, 0.2) is 215 Å². The SMILES string of the molecule is c1ccc(-c2ccc(N(c3ccc(-c4cccc5c4oc4ccccc45)cc3)c3ccc(-c4cc5nc(-c6ccccc6)oc5c5c4sc4ccccc45)cc3)cc2)cc1. The third-order valence-electron chi connectivity index (χ3n) is 11.5. The van der Waals surface area contributed by atoms with Crippen LogP contribution in [0.25, 0.3) is 98.0 Å². The summed E-state index contributed by atoms with van der Waals surface area (Å²) in [6, 6.07) is 72.7. The Kier molecular flexibility index (Phi) is 8.00. The molecule has 4 nitrogen and oxygen atoms in total. The van der Waals surface area contributed by atoms with Gasteiger partial charge in [0.25, 0.3) is 0 Å². The molecular formula is C55H34N2O2S. The van der Waals surface area contributed by atoms with Crippen LogP contribution in [0.2, 0.25) is 0 Å². The number of rotatable bonds is 7. The van der Waals surface area contributed by atoms with Crippen molar-refractivity contribution in [3.63, 3.8) is 0 Å². The molecule has 0 radical (unpaired) electrons. The van der Waals surface area contributed by atoms with Crippen LogP contribution in [0.1, 0.15) is 0 Å². The number of furan rings is 1. The molecule has 60 heavy (non-hydrogen) atoms. The van der Waals surface area contributed by atoms with E-state index in [0.29, 0.717) is 5.89 Å². The maximum atomic E-state index is 6.56. The van der Waals surface area contributed by atoms with Crippen LogP contribution in [0, 0.1) is 0 Å². The Balaban J connectivity index is 0.970. The molecule has 0 saturated heterocycles. The summed E-state index contributed by atoms with van der Waals surface area (Å²) in [5.41, 5.74) is 14.4. The maximum Gasteiger partial charge on any atom is 0.227 e. The fraction of sp³-hybridized carbons (Fsp3) is 0. The molecule has 0 amide bonds. The first-order valence-electron chi connectivity index (χ1n) is 20.1. The Bertz CT molecular complexity index is 3510. The molecule has 12 rings (SSSR count). The van der Waals surface area contributed by atoms with Crippen LogP contribution in [-0.4, -0.2) is 4.98 Å². The largest absolute Gasteiger partial charge is 0.455 e. The summed E-state index contributed by atoms with van der Waals surface area (Å²) in [5.74, 6) is 0.629.